The van der Waals surface area contributed by atoms with Crippen molar-refractivity contribution in [1.82, 2.24) is 10.3 Å². The van der Waals surface area contributed by atoms with Crippen LogP contribution < -0.4 is 5.32 Å². The molecular formula is C14H13FN2O. The van der Waals surface area contributed by atoms with E-state index >= 15 is 0 Å². The summed E-state index contributed by atoms with van der Waals surface area (Å²) in [7, 11) is 0. The highest BCUT2D eigenvalue weighted by atomic mass is 19.1. The van der Waals surface area contributed by atoms with Crippen molar-refractivity contribution in [3.05, 3.63) is 65.2 Å². The number of carbonyl (C=O) groups is 1. The normalized spacial score (nSPS) is 10.1. The molecule has 2 rings (SSSR count). The fourth-order valence-electron chi connectivity index (χ4n) is 1.66. The Kier molecular flexibility index (Phi) is 3.67. The lowest BCUT2D eigenvalue weighted by Crippen LogP contribution is -2.23. The molecule has 0 bridgehead atoms. The van der Waals surface area contributed by atoms with Crippen LogP contribution in [-0.2, 0) is 6.54 Å². The smallest absolute Gasteiger partial charge is 0.251 e. The number of halogens is 1. The van der Waals surface area contributed by atoms with Crippen LogP contribution in [0.4, 0.5) is 4.39 Å². The molecule has 1 aromatic heterocycles. The predicted octanol–water partition coefficient (Wildman–Crippen LogP) is 2.46. The molecule has 3 nitrogen and oxygen atoms in total. The molecule has 0 unspecified atom stereocenters. The molecule has 1 amide bonds. The van der Waals surface area contributed by atoms with Crippen LogP contribution in [-0.4, -0.2) is 10.9 Å². The summed E-state index contributed by atoms with van der Waals surface area (Å²) in [5.41, 5.74) is 2.03. The molecule has 1 N–H and O–H groups in total. The molecule has 18 heavy (non-hydrogen) atoms. The second-order valence-electron chi connectivity index (χ2n) is 4.00. The van der Waals surface area contributed by atoms with E-state index in [9.17, 15) is 9.18 Å². The SMILES string of the molecule is Cc1cc(F)ccc1C(=O)NCc1cccnc1. The number of nitrogens with one attached hydrogen (secondary N) is 1. The van der Waals surface area contributed by atoms with Gasteiger partial charge in [0.25, 0.3) is 5.91 Å². The summed E-state index contributed by atoms with van der Waals surface area (Å²) >= 11 is 0. The van der Waals surface area contributed by atoms with Crippen molar-refractivity contribution in [3.63, 3.8) is 0 Å². The Bertz CT molecular complexity index is 555. The Morgan fingerprint density at radius 3 is 2.89 bits per heavy atom. The van der Waals surface area contributed by atoms with Crippen LogP contribution in [0.1, 0.15) is 21.5 Å². The first kappa shape index (κ1) is 12.2. The Labute approximate surface area is 105 Å². The predicted molar refractivity (Wildman–Crippen MR) is 66.5 cm³/mol. The zero-order valence-electron chi connectivity index (χ0n) is 9.98. The molecule has 92 valence electrons. The van der Waals surface area contributed by atoms with Crippen molar-refractivity contribution in [2.24, 2.45) is 0 Å². The first-order chi connectivity index (χ1) is 8.66. The molecule has 0 radical (unpaired) electrons. The zero-order valence-corrected chi connectivity index (χ0v) is 9.98. The highest BCUT2D eigenvalue weighted by molar-refractivity contribution is 5.95. The lowest BCUT2D eigenvalue weighted by molar-refractivity contribution is 0.0950. The van der Waals surface area contributed by atoms with Crippen molar-refractivity contribution >= 4 is 5.91 Å². The van der Waals surface area contributed by atoms with Gasteiger partial charge in [0.1, 0.15) is 5.82 Å². The highest BCUT2D eigenvalue weighted by Gasteiger charge is 2.09. The number of hydrogen-bond acceptors (Lipinski definition) is 2. The Morgan fingerprint density at radius 2 is 2.22 bits per heavy atom. The van der Waals surface area contributed by atoms with Gasteiger partial charge in [-0.05, 0) is 42.3 Å². The molecule has 0 atom stereocenters. The van der Waals surface area contributed by atoms with Crippen molar-refractivity contribution in [1.29, 1.82) is 0 Å². The number of nitrogens with zero attached hydrogens (tertiary/aromatic N) is 1. The maximum atomic E-state index is 12.9. The second-order valence-corrected chi connectivity index (χ2v) is 4.00. The summed E-state index contributed by atoms with van der Waals surface area (Å²) < 4.78 is 12.9. The van der Waals surface area contributed by atoms with Gasteiger partial charge in [0.2, 0.25) is 0 Å². The molecule has 0 fully saturated rings. The summed E-state index contributed by atoms with van der Waals surface area (Å²) in [4.78, 5) is 15.9. The van der Waals surface area contributed by atoms with Crippen LogP contribution >= 0.6 is 0 Å². The van der Waals surface area contributed by atoms with Gasteiger partial charge in [-0.25, -0.2) is 4.39 Å². The van der Waals surface area contributed by atoms with E-state index in [0.29, 0.717) is 17.7 Å². The van der Waals surface area contributed by atoms with Crippen molar-refractivity contribution in [2.75, 3.05) is 0 Å². The largest absolute Gasteiger partial charge is 0.348 e. The van der Waals surface area contributed by atoms with Crippen LogP contribution in [0.3, 0.4) is 0 Å². The van der Waals surface area contributed by atoms with E-state index in [1.807, 2.05) is 12.1 Å². The van der Waals surface area contributed by atoms with Crippen molar-refractivity contribution < 1.29 is 9.18 Å². The molecule has 0 aliphatic heterocycles. The lowest BCUT2D eigenvalue weighted by atomic mass is 10.1. The Hall–Kier alpha value is -2.23. The Balaban J connectivity index is 2.04. The molecule has 1 heterocycles. The maximum Gasteiger partial charge on any atom is 0.251 e. The first-order valence-corrected chi connectivity index (χ1v) is 5.60. The number of amides is 1. The summed E-state index contributed by atoms with van der Waals surface area (Å²) in [6, 6.07) is 7.81. The Morgan fingerprint density at radius 1 is 1.39 bits per heavy atom. The molecular weight excluding hydrogens is 231 g/mol. The van der Waals surface area contributed by atoms with Gasteiger partial charge < -0.3 is 5.32 Å². The van der Waals surface area contributed by atoms with Gasteiger partial charge in [0, 0.05) is 24.5 Å². The van der Waals surface area contributed by atoms with E-state index in [4.69, 9.17) is 0 Å². The maximum absolute atomic E-state index is 12.9. The number of rotatable bonds is 3. The number of pyridine rings is 1. The van der Waals surface area contributed by atoms with Gasteiger partial charge in [0.15, 0.2) is 0 Å². The van der Waals surface area contributed by atoms with Gasteiger partial charge in [-0.1, -0.05) is 6.07 Å². The molecule has 4 heteroatoms. The number of benzene rings is 1. The third kappa shape index (κ3) is 2.91. The van der Waals surface area contributed by atoms with Gasteiger partial charge in [-0.3, -0.25) is 9.78 Å². The summed E-state index contributed by atoms with van der Waals surface area (Å²) in [5.74, 6) is -0.548. The van der Waals surface area contributed by atoms with Crippen molar-refractivity contribution in [3.8, 4) is 0 Å². The standard InChI is InChI=1S/C14H13FN2O/c1-10-7-12(15)4-5-13(10)14(18)17-9-11-3-2-6-16-8-11/h2-8H,9H2,1H3,(H,17,18). The van der Waals surface area contributed by atoms with Crippen LogP contribution in [0.5, 0.6) is 0 Å². The first-order valence-electron chi connectivity index (χ1n) is 5.60. The van der Waals surface area contributed by atoms with E-state index in [1.165, 1.54) is 18.2 Å². The molecule has 2 aromatic rings. The quantitative estimate of drug-likeness (QED) is 0.901. The number of hydrogen-bond donors (Lipinski definition) is 1. The average molecular weight is 244 g/mol. The van der Waals surface area contributed by atoms with Gasteiger partial charge in [-0.2, -0.15) is 0 Å². The van der Waals surface area contributed by atoms with Crippen molar-refractivity contribution in [2.45, 2.75) is 13.5 Å². The van der Waals surface area contributed by atoms with E-state index in [0.717, 1.165) is 5.56 Å². The van der Waals surface area contributed by atoms with Gasteiger partial charge in [-0.15, -0.1) is 0 Å². The minimum Gasteiger partial charge on any atom is -0.348 e. The number of aryl methyl sites for hydroxylation is 1. The molecule has 1 aromatic carbocycles. The van der Waals surface area contributed by atoms with Crippen LogP contribution in [0.25, 0.3) is 0 Å². The molecule has 0 saturated carbocycles. The molecule has 0 spiro atoms. The van der Waals surface area contributed by atoms with E-state index in [1.54, 1.807) is 19.3 Å². The minimum atomic E-state index is -0.337. The van der Waals surface area contributed by atoms with Gasteiger partial charge in [0.05, 0.1) is 0 Å². The average Bonchev–Trinajstić information content (AvgIpc) is 2.37. The van der Waals surface area contributed by atoms with Crippen LogP contribution in [0.2, 0.25) is 0 Å². The summed E-state index contributed by atoms with van der Waals surface area (Å²) in [6.45, 7) is 2.12. The molecule has 0 saturated heterocycles. The monoisotopic (exact) mass is 244 g/mol. The van der Waals surface area contributed by atoms with E-state index < -0.39 is 0 Å². The molecule has 0 aliphatic rings. The summed E-state index contributed by atoms with van der Waals surface area (Å²) in [6.07, 6.45) is 3.37. The number of aromatic nitrogens is 1. The molecule has 0 aliphatic carbocycles. The lowest BCUT2D eigenvalue weighted by Gasteiger charge is -2.07. The highest BCUT2D eigenvalue weighted by Crippen LogP contribution is 2.10. The van der Waals surface area contributed by atoms with Crippen LogP contribution in [0, 0.1) is 12.7 Å². The number of carbonyl (C=O) groups excluding carboxylic acids is 1. The van der Waals surface area contributed by atoms with Crippen LogP contribution in [0.15, 0.2) is 42.7 Å². The fourth-order valence-corrected chi connectivity index (χ4v) is 1.66. The third-order valence-corrected chi connectivity index (χ3v) is 2.61. The zero-order chi connectivity index (χ0) is 13.0. The minimum absolute atomic E-state index is 0.212. The van der Waals surface area contributed by atoms with Gasteiger partial charge >= 0.3 is 0 Å². The fraction of sp³-hybridized carbons (Fsp3) is 0.143. The summed E-state index contributed by atoms with van der Waals surface area (Å²) in [5, 5.41) is 2.77. The second kappa shape index (κ2) is 5.40. The van der Waals surface area contributed by atoms with E-state index in [-0.39, 0.29) is 11.7 Å². The topological polar surface area (TPSA) is 42.0 Å². The van der Waals surface area contributed by atoms with E-state index in [2.05, 4.69) is 10.3 Å². The third-order valence-electron chi connectivity index (χ3n) is 2.61.